The first-order valence-electron chi connectivity index (χ1n) is 7.23. The van der Waals surface area contributed by atoms with Crippen LogP contribution in [0.4, 0.5) is 0 Å². The van der Waals surface area contributed by atoms with Crippen LogP contribution in [0.25, 0.3) is 0 Å². The molecule has 1 aromatic rings. The minimum atomic E-state index is 0. The van der Waals surface area contributed by atoms with Crippen molar-refractivity contribution >= 4 is 41.3 Å². The van der Waals surface area contributed by atoms with Crippen molar-refractivity contribution in [2.45, 2.75) is 13.0 Å². The van der Waals surface area contributed by atoms with Crippen molar-refractivity contribution in [3.8, 4) is 0 Å². The molecule has 3 rings (SSSR count). The van der Waals surface area contributed by atoms with Crippen molar-refractivity contribution in [1.29, 1.82) is 0 Å². The maximum Gasteiger partial charge on any atom is 0.191 e. The molecule has 1 aromatic heterocycles. The Balaban J connectivity index is 0.00000161. The van der Waals surface area contributed by atoms with E-state index in [4.69, 9.17) is 10.5 Å². The fourth-order valence-electron chi connectivity index (χ4n) is 2.70. The minimum absolute atomic E-state index is 0. The largest absolute Gasteiger partial charge is 0.378 e. The summed E-state index contributed by atoms with van der Waals surface area (Å²) in [6.45, 7) is 7.19. The molecule has 21 heavy (non-hydrogen) atoms. The number of aliphatic imine (C=N–C) groups is 1. The van der Waals surface area contributed by atoms with Crippen LogP contribution in [-0.4, -0.2) is 61.7 Å². The molecule has 0 radical (unpaired) electrons. The van der Waals surface area contributed by atoms with E-state index in [2.05, 4.69) is 26.2 Å². The second-order valence-corrected chi connectivity index (χ2v) is 6.24. The second kappa shape index (κ2) is 8.30. The van der Waals surface area contributed by atoms with Crippen LogP contribution >= 0.6 is 35.3 Å². The lowest BCUT2D eigenvalue weighted by atomic mass is 10.1. The number of hydrogen-bond donors (Lipinski definition) is 1. The van der Waals surface area contributed by atoms with Gasteiger partial charge in [-0.2, -0.15) is 0 Å². The van der Waals surface area contributed by atoms with Crippen molar-refractivity contribution in [2.24, 2.45) is 10.7 Å². The fraction of sp³-hybridized carbons (Fsp3) is 0.643. The highest BCUT2D eigenvalue weighted by molar-refractivity contribution is 14.0. The first kappa shape index (κ1) is 17.0. The first-order chi connectivity index (χ1) is 9.83. The minimum Gasteiger partial charge on any atom is -0.378 e. The number of fused-ring (bicyclic) bond motifs is 1. The first-order valence-corrected chi connectivity index (χ1v) is 8.11. The molecule has 5 nitrogen and oxygen atoms in total. The molecule has 1 fully saturated rings. The van der Waals surface area contributed by atoms with Crippen LogP contribution in [0, 0.1) is 0 Å². The van der Waals surface area contributed by atoms with Crippen molar-refractivity contribution < 1.29 is 4.74 Å². The summed E-state index contributed by atoms with van der Waals surface area (Å²) in [5, 5.41) is 2.20. The number of halogens is 1. The standard InChI is InChI=1S/C14H22N4OS.HI/c15-14(18-6-8-19-9-7-18)16-3-5-17-4-1-13-12(11-17)2-10-20-13;/h2,10H,1,3-9,11H2,(H2,15,16);1H. The Bertz CT molecular complexity index is 473. The molecule has 2 aliphatic rings. The Morgan fingerprint density at radius 1 is 1.33 bits per heavy atom. The lowest BCUT2D eigenvalue weighted by Crippen LogP contribution is -2.45. The highest BCUT2D eigenvalue weighted by Gasteiger charge is 2.17. The number of guanidine groups is 1. The molecule has 3 heterocycles. The highest BCUT2D eigenvalue weighted by Crippen LogP contribution is 2.23. The summed E-state index contributed by atoms with van der Waals surface area (Å²) in [5.74, 6) is 0.668. The van der Waals surface area contributed by atoms with Gasteiger partial charge in [0.15, 0.2) is 5.96 Å². The van der Waals surface area contributed by atoms with E-state index in [0.717, 1.165) is 52.5 Å². The lowest BCUT2D eigenvalue weighted by molar-refractivity contribution is 0.0674. The summed E-state index contributed by atoms with van der Waals surface area (Å²) in [5.41, 5.74) is 7.52. The smallest absolute Gasteiger partial charge is 0.191 e. The van der Waals surface area contributed by atoms with Gasteiger partial charge in [-0.1, -0.05) is 0 Å². The Morgan fingerprint density at radius 2 is 2.14 bits per heavy atom. The zero-order valence-corrected chi connectivity index (χ0v) is 15.3. The molecule has 0 aliphatic carbocycles. The normalized spacial score (nSPS) is 20.0. The molecule has 1 saturated heterocycles. The van der Waals surface area contributed by atoms with Gasteiger partial charge in [0, 0.05) is 37.6 Å². The van der Waals surface area contributed by atoms with Gasteiger partial charge in [0.05, 0.1) is 19.8 Å². The van der Waals surface area contributed by atoms with Crippen molar-refractivity contribution in [1.82, 2.24) is 9.80 Å². The van der Waals surface area contributed by atoms with Crippen molar-refractivity contribution in [3.05, 3.63) is 21.9 Å². The van der Waals surface area contributed by atoms with Crippen LogP contribution in [0.15, 0.2) is 16.4 Å². The Kier molecular flexibility index (Phi) is 6.72. The Hall–Kier alpha value is -0.380. The second-order valence-electron chi connectivity index (χ2n) is 5.23. The quantitative estimate of drug-likeness (QED) is 0.454. The van der Waals surface area contributed by atoms with Crippen molar-refractivity contribution in [3.63, 3.8) is 0 Å². The van der Waals surface area contributed by atoms with E-state index in [1.54, 1.807) is 4.88 Å². The summed E-state index contributed by atoms with van der Waals surface area (Å²) in [6.07, 6.45) is 1.18. The highest BCUT2D eigenvalue weighted by atomic mass is 127. The molecular formula is C14H23IN4OS. The van der Waals surface area contributed by atoms with E-state index < -0.39 is 0 Å². The average molecular weight is 422 g/mol. The van der Waals surface area contributed by atoms with Gasteiger partial charge in [-0.25, -0.2) is 0 Å². The number of nitrogens with two attached hydrogens (primary N) is 1. The number of rotatable bonds is 3. The van der Waals surface area contributed by atoms with Gasteiger partial charge < -0.3 is 15.4 Å². The van der Waals surface area contributed by atoms with E-state index in [0.29, 0.717) is 5.96 Å². The molecular weight excluding hydrogens is 399 g/mol. The van der Waals surface area contributed by atoms with Gasteiger partial charge in [-0.15, -0.1) is 35.3 Å². The van der Waals surface area contributed by atoms with E-state index in [1.807, 2.05) is 11.3 Å². The van der Waals surface area contributed by atoms with Gasteiger partial charge >= 0.3 is 0 Å². The summed E-state index contributed by atoms with van der Waals surface area (Å²) in [7, 11) is 0. The van der Waals surface area contributed by atoms with Crippen LogP contribution in [0.5, 0.6) is 0 Å². The average Bonchev–Trinajstić information content (AvgIpc) is 2.95. The van der Waals surface area contributed by atoms with Gasteiger partial charge in [0.1, 0.15) is 0 Å². The van der Waals surface area contributed by atoms with E-state index in [9.17, 15) is 0 Å². The third kappa shape index (κ3) is 4.54. The third-order valence-corrected chi connectivity index (χ3v) is 4.93. The number of ether oxygens (including phenoxy) is 1. The zero-order valence-electron chi connectivity index (χ0n) is 12.2. The van der Waals surface area contributed by atoms with Crippen LogP contribution in [0.3, 0.4) is 0 Å². The summed E-state index contributed by atoms with van der Waals surface area (Å²) in [4.78, 5) is 10.6. The molecule has 0 aromatic carbocycles. The molecule has 0 bridgehead atoms. The summed E-state index contributed by atoms with van der Waals surface area (Å²) < 4.78 is 5.32. The molecule has 0 amide bonds. The maximum absolute atomic E-state index is 6.03. The molecule has 0 spiro atoms. The lowest BCUT2D eigenvalue weighted by Gasteiger charge is -2.28. The van der Waals surface area contributed by atoms with Crippen LogP contribution < -0.4 is 5.73 Å². The van der Waals surface area contributed by atoms with Crippen molar-refractivity contribution in [2.75, 3.05) is 45.9 Å². The van der Waals surface area contributed by atoms with E-state index in [1.165, 1.54) is 12.0 Å². The van der Waals surface area contributed by atoms with Crippen LogP contribution in [-0.2, 0) is 17.7 Å². The van der Waals surface area contributed by atoms with E-state index >= 15 is 0 Å². The SMILES string of the molecule is I.NC(=NCCN1CCc2sccc2C1)N1CCOCC1. The predicted molar refractivity (Wildman–Crippen MR) is 97.6 cm³/mol. The number of thiophene rings is 1. The van der Waals surface area contributed by atoms with E-state index in [-0.39, 0.29) is 24.0 Å². The molecule has 0 atom stereocenters. The third-order valence-electron chi connectivity index (χ3n) is 3.91. The maximum atomic E-state index is 6.03. The van der Waals surface area contributed by atoms with Crippen LogP contribution in [0.1, 0.15) is 10.4 Å². The molecule has 118 valence electrons. The molecule has 2 N–H and O–H groups in total. The molecule has 2 aliphatic heterocycles. The molecule has 7 heteroatoms. The Labute approximate surface area is 147 Å². The monoisotopic (exact) mass is 422 g/mol. The molecule has 0 saturated carbocycles. The van der Waals surface area contributed by atoms with Crippen LogP contribution in [0.2, 0.25) is 0 Å². The zero-order chi connectivity index (χ0) is 13.8. The van der Waals surface area contributed by atoms with Gasteiger partial charge in [0.25, 0.3) is 0 Å². The fourth-order valence-corrected chi connectivity index (χ4v) is 3.59. The van der Waals surface area contributed by atoms with Gasteiger partial charge in [-0.3, -0.25) is 9.89 Å². The topological polar surface area (TPSA) is 54.1 Å². The van der Waals surface area contributed by atoms with Gasteiger partial charge in [-0.05, 0) is 23.4 Å². The summed E-state index contributed by atoms with van der Waals surface area (Å²) in [6, 6.07) is 2.25. The summed E-state index contributed by atoms with van der Waals surface area (Å²) >= 11 is 1.88. The molecule has 0 unspecified atom stereocenters. The number of morpholine rings is 1. The van der Waals surface area contributed by atoms with Gasteiger partial charge in [0.2, 0.25) is 0 Å². The predicted octanol–water partition coefficient (Wildman–Crippen LogP) is 1.37. The Morgan fingerprint density at radius 3 is 2.95 bits per heavy atom. The number of hydrogen-bond acceptors (Lipinski definition) is 4. The number of nitrogens with zero attached hydrogens (tertiary/aromatic N) is 3.